The van der Waals surface area contributed by atoms with Gasteiger partial charge in [-0.2, -0.15) is 26.3 Å². The topological polar surface area (TPSA) is 259 Å². The van der Waals surface area contributed by atoms with Crippen LogP contribution in [-0.2, 0) is 61.2 Å². The van der Waals surface area contributed by atoms with E-state index in [1.165, 1.54) is 59.5 Å². The van der Waals surface area contributed by atoms with Crippen LogP contribution in [0.15, 0.2) is 94.7 Å². The molecule has 2 fully saturated rings. The third kappa shape index (κ3) is 19.6. The number of hydrogen-bond acceptors (Lipinski definition) is 15. The number of likely N-dealkylation sites (N-methyl/N-ethyl adjacent to an activating group) is 1. The molecule has 2 saturated heterocycles. The molecule has 0 unspecified atom stereocenters. The quantitative estimate of drug-likeness (QED) is 0.0878. The lowest BCUT2D eigenvalue weighted by molar-refractivity contribution is -0.275. The third-order valence-electron chi connectivity index (χ3n) is 13.4. The van der Waals surface area contributed by atoms with Gasteiger partial charge < -0.3 is 44.9 Å². The highest BCUT2D eigenvalue weighted by Gasteiger charge is 2.41. The van der Waals surface area contributed by atoms with Gasteiger partial charge in [0.1, 0.15) is 29.5 Å². The summed E-state index contributed by atoms with van der Waals surface area (Å²) in [7, 11) is -4.51. The Morgan fingerprint density at radius 3 is 1.51 bits per heavy atom. The predicted molar refractivity (Wildman–Crippen MR) is 277 cm³/mol. The van der Waals surface area contributed by atoms with Crippen LogP contribution in [0.25, 0.3) is 0 Å². The lowest BCUT2D eigenvalue weighted by atomic mass is 10.0. The second-order valence-corrected chi connectivity index (χ2v) is 23.9. The van der Waals surface area contributed by atoms with E-state index in [1.807, 2.05) is 0 Å². The average molecular weight is 1280 g/mol. The number of aliphatic carboxylic acids is 1. The van der Waals surface area contributed by atoms with Crippen molar-refractivity contribution in [2.45, 2.75) is 84.8 Å². The zero-order chi connectivity index (χ0) is 63.9. The van der Waals surface area contributed by atoms with Crippen LogP contribution in [0.1, 0.15) is 47.2 Å². The zero-order valence-corrected chi connectivity index (χ0v) is 46.7. The fourth-order valence-electron chi connectivity index (χ4n) is 9.60. The summed E-state index contributed by atoms with van der Waals surface area (Å²) in [6.45, 7) is 0.0729. The van der Waals surface area contributed by atoms with Gasteiger partial charge in [0.15, 0.2) is 19.7 Å². The molecule has 0 saturated carbocycles. The van der Waals surface area contributed by atoms with Crippen LogP contribution in [-0.4, -0.2) is 185 Å². The monoisotopic (exact) mass is 1280 g/mol. The van der Waals surface area contributed by atoms with Crippen molar-refractivity contribution in [3.63, 3.8) is 0 Å². The van der Waals surface area contributed by atoms with E-state index in [9.17, 15) is 93.8 Å². The van der Waals surface area contributed by atoms with Crippen molar-refractivity contribution in [2.75, 3.05) is 82.1 Å². The first kappa shape index (κ1) is 67.9. The maximum Gasteiger partial charge on any atom is 0.573 e. The molecule has 4 aromatic rings. The standard InChI is InChI=1S/C25H25F6N3O6S.C25H28F3N3O6S.C2HF3O2/c26-24(27,28)14-34(23(37)9-15-4-5-21-19(8-15)32-22(36)13-41(21,38)39)20(12-33-7-6-17(35)11-33)16-2-1-3-18(10-16)40-25(29,30)31;1-30(24(33)11-16-6-7-22-20(10-16)29-23(32)15-38(22,34)35)21(14-31-9-8-19(13-31)36-2)17-4-3-5-18(12-17)37-25(26,27)28;3-2(4,5)1(6)7/h1-5,8,10,17,20,35H,6-7,9,11-14H2,(H,32,36);3-7,10,12,19,21H,8-9,11,13-15H2,1-2H3,(H,29,32);(H,6,7)/t17-,20+;19-,21+;/m00./s1. The van der Waals surface area contributed by atoms with E-state index >= 15 is 0 Å². The average Bonchev–Trinajstić information content (AvgIpc) is 1.30. The van der Waals surface area contributed by atoms with Gasteiger partial charge in [-0.15, -0.1) is 26.3 Å². The lowest BCUT2D eigenvalue weighted by Gasteiger charge is -2.35. The van der Waals surface area contributed by atoms with Crippen LogP contribution in [0.2, 0.25) is 0 Å². The van der Waals surface area contributed by atoms with Crippen molar-refractivity contribution in [3.8, 4) is 11.5 Å². The smallest absolute Gasteiger partial charge is 0.475 e. The van der Waals surface area contributed by atoms with Crippen LogP contribution in [0, 0.1) is 0 Å². The number of anilines is 2. The molecule has 0 aliphatic carbocycles. The van der Waals surface area contributed by atoms with Gasteiger partial charge in [0, 0.05) is 53.4 Å². The molecule has 0 aromatic heterocycles. The number of amides is 4. The van der Waals surface area contributed by atoms with Crippen molar-refractivity contribution in [1.82, 2.24) is 19.6 Å². The molecule has 0 spiro atoms. The van der Waals surface area contributed by atoms with Gasteiger partial charge in [-0.05, 0) is 83.6 Å². The number of likely N-dealkylation sites (tertiary alicyclic amines) is 2. The molecule has 0 radical (unpaired) electrons. The molecule has 4 atom stereocenters. The molecule has 4 N–H and O–H groups in total. The number of aliphatic hydroxyl groups excluding tert-OH is 1. The van der Waals surface area contributed by atoms with Crippen LogP contribution < -0.4 is 20.1 Å². The van der Waals surface area contributed by atoms with Gasteiger partial charge in [-0.25, -0.2) is 21.6 Å². The summed E-state index contributed by atoms with van der Waals surface area (Å²) in [4.78, 5) is 64.7. The Balaban J connectivity index is 0.000000248. The second kappa shape index (κ2) is 27.2. The maximum absolute atomic E-state index is 13.8. The van der Waals surface area contributed by atoms with E-state index in [4.69, 9.17) is 14.6 Å². The fourth-order valence-corrected chi connectivity index (χ4v) is 12.2. The number of sulfone groups is 2. The number of hydrogen-bond donors (Lipinski definition) is 4. The minimum absolute atomic E-state index is 0.0114. The van der Waals surface area contributed by atoms with Gasteiger partial charge in [0.2, 0.25) is 23.6 Å². The molecular formula is C52H54F12N6O14S2. The highest BCUT2D eigenvalue weighted by Crippen LogP contribution is 2.36. The molecule has 4 aromatic carbocycles. The Labute approximate surface area is 482 Å². The minimum Gasteiger partial charge on any atom is -0.475 e. The predicted octanol–water partition coefficient (Wildman–Crippen LogP) is 6.46. The minimum atomic E-state index is -5.08. The van der Waals surface area contributed by atoms with Gasteiger partial charge in [0.05, 0.1) is 58.3 Å². The summed E-state index contributed by atoms with van der Waals surface area (Å²) in [5, 5.41) is 21.9. The largest absolute Gasteiger partial charge is 0.573 e. The van der Waals surface area contributed by atoms with E-state index in [-0.39, 0.29) is 76.1 Å². The number of carboxylic acid groups (broad SMARTS) is 1. The SMILES string of the molecule is CO[C@H]1CCN(C[C@H](c2cccc(OC(F)(F)F)c2)N(C)C(=O)Cc2ccc3c(c2)NC(=O)CS3(=O)=O)C1.O=C(O)C(F)(F)F.O=C1CS(=O)(=O)c2ccc(CC(=O)N(CC(F)(F)F)[C@H](CN3CC[C@H](O)C3)c3cccc(OC(F)(F)F)c3)cc2N1. The normalized spacial score (nSPS) is 19.2. The van der Waals surface area contributed by atoms with Crippen molar-refractivity contribution in [1.29, 1.82) is 0 Å². The molecule has 472 valence electrons. The number of carbonyl (C=O) groups is 5. The van der Waals surface area contributed by atoms with E-state index in [2.05, 4.69) is 25.0 Å². The number of nitrogens with one attached hydrogen (secondary N) is 2. The Hall–Kier alpha value is -7.27. The fraction of sp³-hybridized carbons (Fsp3) is 0.442. The van der Waals surface area contributed by atoms with Gasteiger partial charge in [-0.1, -0.05) is 36.4 Å². The van der Waals surface area contributed by atoms with Crippen molar-refractivity contribution < 1.29 is 118 Å². The summed E-state index contributed by atoms with van der Waals surface area (Å²) >= 11 is 0. The highest BCUT2D eigenvalue weighted by molar-refractivity contribution is 7.92. The molecule has 4 heterocycles. The van der Waals surface area contributed by atoms with Crippen LogP contribution in [0.4, 0.5) is 64.1 Å². The Morgan fingerprint density at radius 1 is 0.651 bits per heavy atom. The molecular weight excluding hydrogens is 1220 g/mol. The van der Waals surface area contributed by atoms with Crippen LogP contribution in [0.3, 0.4) is 0 Å². The molecule has 86 heavy (non-hydrogen) atoms. The first-order chi connectivity index (χ1) is 39.8. The number of halogens is 12. The number of carboxylic acids is 1. The molecule has 34 heteroatoms. The van der Waals surface area contributed by atoms with Crippen molar-refractivity contribution >= 4 is 60.6 Å². The molecule has 0 bridgehead atoms. The Kier molecular flexibility index (Phi) is 21.5. The number of rotatable bonds is 16. The van der Waals surface area contributed by atoms with E-state index in [0.29, 0.717) is 42.1 Å². The van der Waals surface area contributed by atoms with Crippen LogP contribution in [0.5, 0.6) is 11.5 Å². The zero-order valence-electron chi connectivity index (χ0n) is 45.0. The second-order valence-electron chi connectivity index (χ2n) is 20.0. The Bertz CT molecular complexity index is 3370. The van der Waals surface area contributed by atoms with E-state index in [0.717, 1.165) is 30.7 Å². The summed E-state index contributed by atoms with van der Waals surface area (Å²) in [5.74, 6) is -8.11. The molecule has 4 aliphatic rings. The molecule has 20 nitrogen and oxygen atoms in total. The van der Waals surface area contributed by atoms with Gasteiger partial charge in [0.25, 0.3) is 0 Å². The molecule has 4 amide bonds. The lowest BCUT2D eigenvalue weighted by Crippen LogP contribution is -2.46. The third-order valence-corrected chi connectivity index (χ3v) is 16.8. The summed E-state index contributed by atoms with van der Waals surface area (Å²) in [6.07, 6.45) is -20.3. The first-order valence-corrected chi connectivity index (χ1v) is 28.7. The summed E-state index contributed by atoms with van der Waals surface area (Å²) < 4.78 is 213. The number of β-amino-alcohol motifs (C(OH)–C–C–N with tert-alkyl or cyclic N) is 1. The highest BCUT2D eigenvalue weighted by atomic mass is 32.2. The summed E-state index contributed by atoms with van der Waals surface area (Å²) in [5.41, 5.74) is 0.982. The number of alkyl halides is 12. The number of ether oxygens (including phenoxy) is 3. The van der Waals surface area contributed by atoms with Crippen molar-refractivity contribution in [2.24, 2.45) is 0 Å². The Morgan fingerprint density at radius 2 is 1.09 bits per heavy atom. The number of aliphatic hydroxyl groups is 1. The first-order valence-electron chi connectivity index (χ1n) is 25.4. The number of methoxy groups -OCH3 is 1. The van der Waals surface area contributed by atoms with E-state index < -0.39 is 117 Å². The molecule has 8 rings (SSSR count). The number of carbonyl (C=O) groups excluding carboxylic acids is 4. The number of nitrogens with zero attached hydrogens (tertiary/aromatic N) is 4. The van der Waals surface area contributed by atoms with Crippen molar-refractivity contribution in [3.05, 3.63) is 107 Å². The number of benzene rings is 4. The van der Waals surface area contributed by atoms with Crippen LogP contribution >= 0.6 is 0 Å². The molecule has 4 aliphatic heterocycles. The van der Waals surface area contributed by atoms with E-state index in [1.54, 1.807) is 25.1 Å². The van der Waals surface area contributed by atoms with Gasteiger partial charge >= 0.3 is 31.0 Å². The summed E-state index contributed by atoms with van der Waals surface area (Å²) in [6, 6.07) is 15.7. The van der Waals surface area contributed by atoms with Gasteiger partial charge in [-0.3, -0.25) is 29.0 Å². The number of fused-ring (bicyclic) bond motifs is 2. The maximum atomic E-state index is 13.8.